The fraction of sp³-hybridized carbons (Fsp3) is 0.452. The van der Waals surface area contributed by atoms with Crippen LogP contribution in [0.2, 0.25) is 0 Å². The van der Waals surface area contributed by atoms with Gasteiger partial charge in [0.2, 0.25) is 0 Å². The molecule has 1 aromatic carbocycles. The van der Waals surface area contributed by atoms with Crippen LogP contribution in [0.25, 0.3) is 32.7 Å². The first-order valence-corrected chi connectivity index (χ1v) is 14.9. The maximum atomic E-state index is 9.48. The Hall–Kier alpha value is -3.13. The van der Waals surface area contributed by atoms with Crippen molar-refractivity contribution in [2.45, 2.75) is 63.1 Å². The van der Waals surface area contributed by atoms with E-state index < -0.39 is 0 Å². The molecule has 1 N–H and O–H groups in total. The zero-order valence-electron chi connectivity index (χ0n) is 22.7. The lowest BCUT2D eigenvalue weighted by molar-refractivity contribution is -0.166. The number of hydrogen-bond donors (Lipinski definition) is 1. The fourth-order valence-corrected chi connectivity index (χ4v) is 7.96. The lowest BCUT2D eigenvalue weighted by Gasteiger charge is -2.52. The smallest absolute Gasteiger partial charge is 0.138 e. The standard InChI is InChI=1S/C31H31N5O3S/c1-29(2)22-4-3-19(11-20(22)14-38-29)24-25-26-21(12-34-28(25)35-27(24)23-13-33-18-40-23)15-39-31(26)6-9-36(10-7-31)30(5-8-32)16-37-17-30/h3-4,11-13,18H,5-7,9-10,14-17H2,1-2H3,(H,34,35). The van der Waals surface area contributed by atoms with E-state index >= 15 is 0 Å². The van der Waals surface area contributed by atoms with Crippen LogP contribution in [0.4, 0.5) is 0 Å². The van der Waals surface area contributed by atoms with Gasteiger partial charge in [-0.3, -0.25) is 9.88 Å². The van der Waals surface area contributed by atoms with E-state index in [4.69, 9.17) is 19.2 Å². The Balaban J connectivity index is 1.28. The number of benzene rings is 1. The maximum absolute atomic E-state index is 9.48. The minimum Gasteiger partial charge on any atom is -0.377 e. The van der Waals surface area contributed by atoms with Crippen molar-refractivity contribution >= 4 is 22.4 Å². The van der Waals surface area contributed by atoms with Crippen LogP contribution in [0.3, 0.4) is 0 Å². The first-order valence-electron chi connectivity index (χ1n) is 14.0. The lowest BCUT2D eigenvalue weighted by atomic mass is 9.79. The van der Waals surface area contributed by atoms with Gasteiger partial charge in [0, 0.05) is 47.6 Å². The third kappa shape index (κ3) is 3.44. The number of piperidine rings is 1. The fourth-order valence-electron chi connectivity index (χ4n) is 7.34. The van der Waals surface area contributed by atoms with Crippen LogP contribution in [0.1, 0.15) is 55.4 Å². The van der Waals surface area contributed by atoms with E-state index in [1.165, 1.54) is 22.3 Å². The molecule has 0 saturated carbocycles. The molecule has 1 spiro atoms. The first-order chi connectivity index (χ1) is 19.4. The number of aromatic amines is 1. The van der Waals surface area contributed by atoms with Crippen LogP contribution in [-0.4, -0.2) is 51.7 Å². The number of nitrogens with one attached hydrogen (secondary N) is 1. The van der Waals surface area contributed by atoms with E-state index in [2.05, 4.69) is 53.0 Å². The second-order valence-electron chi connectivity index (χ2n) is 12.1. The molecule has 4 aliphatic heterocycles. The van der Waals surface area contributed by atoms with Gasteiger partial charge >= 0.3 is 0 Å². The first kappa shape index (κ1) is 24.6. The van der Waals surface area contributed by atoms with Gasteiger partial charge in [-0.25, -0.2) is 4.98 Å². The summed E-state index contributed by atoms with van der Waals surface area (Å²) in [6.45, 7) is 8.47. The van der Waals surface area contributed by atoms with E-state index in [0.717, 1.165) is 58.7 Å². The summed E-state index contributed by atoms with van der Waals surface area (Å²) < 4.78 is 18.4. The number of H-pyrrole nitrogens is 1. The van der Waals surface area contributed by atoms with Gasteiger partial charge in [-0.1, -0.05) is 12.1 Å². The third-order valence-electron chi connectivity index (χ3n) is 9.56. The monoisotopic (exact) mass is 553 g/mol. The van der Waals surface area contributed by atoms with Crippen LogP contribution in [0, 0.1) is 11.3 Å². The van der Waals surface area contributed by atoms with Crippen LogP contribution >= 0.6 is 11.3 Å². The second-order valence-corrected chi connectivity index (χ2v) is 13.0. The summed E-state index contributed by atoms with van der Waals surface area (Å²) in [5.41, 5.74) is 10.2. The molecule has 4 aliphatic rings. The molecule has 0 amide bonds. The van der Waals surface area contributed by atoms with Crippen molar-refractivity contribution in [3.63, 3.8) is 0 Å². The van der Waals surface area contributed by atoms with Crippen molar-refractivity contribution in [1.82, 2.24) is 19.9 Å². The van der Waals surface area contributed by atoms with Gasteiger partial charge < -0.3 is 19.2 Å². The minimum absolute atomic E-state index is 0.149. The van der Waals surface area contributed by atoms with Gasteiger partial charge in [0.1, 0.15) is 5.65 Å². The van der Waals surface area contributed by atoms with E-state index in [1.54, 1.807) is 11.3 Å². The molecular formula is C31H31N5O3S. The molecule has 7 heterocycles. The molecule has 3 aromatic heterocycles. The quantitative estimate of drug-likeness (QED) is 0.350. The molecule has 204 valence electrons. The van der Waals surface area contributed by atoms with Crippen LogP contribution in [-0.2, 0) is 38.6 Å². The SMILES string of the molecule is CC1(C)OCc2cc(-c3c(-c4cncs4)[nH]c4ncc5c(c34)C3(CCN(C4(CC#N)COC4)CC3)OC5)ccc21. The summed E-state index contributed by atoms with van der Waals surface area (Å²) in [5, 5.41) is 10.6. The molecule has 4 aromatic rings. The number of fused-ring (bicyclic) bond motifs is 5. The molecule has 8 nitrogen and oxygen atoms in total. The van der Waals surface area contributed by atoms with Crippen molar-refractivity contribution in [3.8, 4) is 27.8 Å². The van der Waals surface area contributed by atoms with Gasteiger partial charge in [0.05, 0.1) is 71.7 Å². The molecule has 0 aliphatic carbocycles. The van der Waals surface area contributed by atoms with Crippen molar-refractivity contribution in [3.05, 3.63) is 58.4 Å². The number of nitriles is 1. The highest BCUT2D eigenvalue weighted by atomic mass is 32.1. The minimum atomic E-state index is -0.380. The number of nitrogens with zero attached hydrogens (tertiary/aromatic N) is 4. The zero-order chi connectivity index (χ0) is 27.1. The normalized spacial score (nSPS) is 22.2. The summed E-state index contributed by atoms with van der Waals surface area (Å²) in [6, 6.07) is 9.15. The predicted molar refractivity (Wildman–Crippen MR) is 152 cm³/mol. The largest absolute Gasteiger partial charge is 0.377 e. The van der Waals surface area contributed by atoms with Gasteiger partial charge in [-0.15, -0.1) is 11.3 Å². The lowest BCUT2D eigenvalue weighted by Crippen LogP contribution is -2.64. The number of rotatable bonds is 4. The average Bonchev–Trinajstić information content (AvgIpc) is 3.72. The Morgan fingerprint density at radius 3 is 2.65 bits per heavy atom. The van der Waals surface area contributed by atoms with Crippen molar-refractivity contribution in [2.24, 2.45) is 0 Å². The highest BCUT2D eigenvalue weighted by Crippen LogP contribution is 2.52. The van der Waals surface area contributed by atoms with E-state index in [-0.39, 0.29) is 16.7 Å². The number of pyridine rings is 1. The molecule has 0 bridgehead atoms. The molecule has 2 saturated heterocycles. The van der Waals surface area contributed by atoms with Crippen LogP contribution in [0.15, 0.2) is 36.1 Å². The Morgan fingerprint density at radius 2 is 1.93 bits per heavy atom. The van der Waals surface area contributed by atoms with Gasteiger partial charge in [0.25, 0.3) is 0 Å². The average molecular weight is 554 g/mol. The van der Waals surface area contributed by atoms with E-state index in [0.29, 0.717) is 32.8 Å². The highest BCUT2D eigenvalue weighted by Gasteiger charge is 2.51. The maximum Gasteiger partial charge on any atom is 0.138 e. The molecule has 2 fully saturated rings. The molecule has 0 radical (unpaired) electrons. The molecule has 40 heavy (non-hydrogen) atoms. The number of hydrogen-bond acceptors (Lipinski definition) is 8. The van der Waals surface area contributed by atoms with Crippen molar-refractivity contribution in [2.75, 3.05) is 26.3 Å². The summed E-state index contributed by atoms with van der Waals surface area (Å²) >= 11 is 1.63. The number of aromatic nitrogens is 3. The van der Waals surface area contributed by atoms with Crippen molar-refractivity contribution < 1.29 is 14.2 Å². The van der Waals surface area contributed by atoms with Gasteiger partial charge in [-0.05, 0) is 49.4 Å². The molecule has 0 unspecified atom stereocenters. The number of thiazole rings is 1. The molecule has 9 heteroatoms. The Labute approximate surface area is 236 Å². The van der Waals surface area contributed by atoms with Gasteiger partial charge in [0.15, 0.2) is 0 Å². The van der Waals surface area contributed by atoms with E-state index in [1.807, 2.05) is 17.9 Å². The summed E-state index contributed by atoms with van der Waals surface area (Å²) in [4.78, 5) is 16.5. The van der Waals surface area contributed by atoms with Gasteiger partial charge in [-0.2, -0.15) is 5.26 Å². The molecular weight excluding hydrogens is 522 g/mol. The molecule has 8 rings (SSSR count). The zero-order valence-corrected chi connectivity index (χ0v) is 23.6. The van der Waals surface area contributed by atoms with Crippen LogP contribution in [0.5, 0.6) is 0 Å². The third-order valence-corrected chi connectivity index (χ3v) is 10.4. The highest BCUT2D eigenvalue weighted by molar-refractivity contribution is 7.13. The second kappa shape index (κ2) is 8.68. The summed E-state index contributed by atoms with van der Waals surface area (Å²) in [7, 11) is 0. The number of ether oxygens (including phenoxy) is 3. The Bertz CT molecular complexity index is 1670. The number of likely N-dealkylation sites (tertiary alicyclic amines) is 1. The van der Waals surface area contributed by atoms with Crippen LogP contribution < -0.4 is 0 Å². The summed E-state index contributed by atoms with van der Waals surface area (Å²) in [6.07, 6.45) is 6.17. The Kier molecular flexibility index (Phi) is 5.35. The van der Waals surface area contributed by atoms with Crippen molar-refractivity contribution in [1.29, 1.82) is 5.26 Å². The Morgan fingerprint density at radius 1 is 1.10 bits per heavy atom. The summed E-state index contributed by atoms with van der Waals surface area (Å²) in [5.74, 6) is 0. The van der Waals surface area contributed by atoms with E-state index in [9.17, 15) is 5.26 Å². The topological polar surface area (TPSA) is 96.3 Å². The predicted octanol–water partition coefficient (Wildman–Crippen LogP) is 5.62. The molecule has 0 atom stereocenters.